The van der Waals surface area contributed by atoms with E-state index in [-0.39, 0.29) is 37.4 Å². The first-order chi connectivity index (χ1) is 15.7. The second-order valence-electron chi connectivity index (χ2n) is 8.12. The first kappa shape index (κ1) is 23.9. The van der Waals surface area contributed by atoms with E-state index in [1.807, 2.05) is 0 Å². The molecule has 174 valence electrons. The fourth-order valence-corrected chi connectivity index (χ4v) is 3.68. The van der Waals surface area contributed by atoms with Crippen LogP contribution in [0.5, 0.6) is 0 Å². The molecule has 0 aliphatic rings. The van der Waals surface area contributed by atoms with Gasteiger partial charge in [-0.2, -0.15) is 0 Å². The molecule has 3 rings (SSSR count). The SMILES string of the molecule is C[C@@](CCO)(C[C@@H](Cc1ccc(-c2ccccc2F)cc1)NC(=O)c1cn(O)nn1)C(=O)O. The third-order valence-electron chi connectivity index (χ3n) is 5.55. The van der Waals surface area contributed by atoms with Gasteiger partial charge in [0.25, 0.3) is 5.91 Å². The predicted octanol–water partition coefficient (Wildman–Crippen LogP) is 2.53. The Kier molecular flexibility index (Phi) is 7.39. The van der Waals surface area contributed by atoms with E-state index in [1.54, 1.807) is 42.5 Å². The van der Waals surface area contributed by atoms with Crippen LogP contribution in [-0.4, -0.2) is 55.1 Å². The van der Waals surface area contributed by atoms with Gasteiger partial charge in [0.05, 0.1) is 11.6 Å². The summed E-state index contributed by atoms with van der Waals surface area (Å²) in [7, 11) is 0. The summed E-state index contributed by atoms with van der Waals surface area (Å²) in [5.74, 6) is -2.06. The van der Waals surface area contributed by atoms with Crippen LogP contribution in [0.3, 0.4) is 0 Å². The average molecular weight is 456 g/mol. The van der Waals surface area contributed by atoms with E-state index in [1.165, 1.54) is 13.0 Å². The maximum absolute atomic E-state index is 14.1. The van der Waals surface area contributed by atoms with Gasteiger partial charge in [-0.25, -0.2) is 4.39 Å². The quantitative estimate of drug-likeness (QED) is 0.344. The van der Waals surface area contributed by atoms with Crippen molar-refractivity contribution in [3.8, 4) is 11.1 Å². The summed E-state index contributed by atoms with van der Waals surface area (Å²) in [6.45, 7) is 1.19. The molecule has 0 aliphatic carbocycles. The molecule has 33 heavy (non-hydrogen) atoms. The van der Waals surface area contributed by atoms with Gasteiger partial charge < -0.3 is 20.7 Å². The minimum Gasteiger partial charge on any atom is -0.481 e. The van der Waals surface area contributed by atoms with Gasteiger partial charge in [0.1, 0.15) is 5.82 Å². The van der Waals surface area contributed by atoms with Crippen molar-refractivity contribution in [3.63, 3.8) is 0 Å². The lowest BCUT2D eigenvalue weighted by Crippen LogP contribution is -2.43. The van der Waals surface area contributed by atoms with Crippen molar-refractivity contribution in [2.75, 3.05) is 6.61 Å². The summed E-state index contributed by atoms with van der Waals surface area (Å²) >= 11 is 0. The molecule has 2 atom stereocenters. The van der Waals surface area contributed by atoms with Crippen LogP contribution in [0.4, 0.5) is 4.39 Å². The smallest absolute Gasteiger partial charge is 0.309 e. The number of hydrogen-bond acceptors (Lipinski definition) is 6. The van der Waals surface area contributed by atoms with E-state index >= 15 is 0 Å². The number of amides is 1. The van der Waals surface area contributed by atoms with Crippen LogP contribution in [0.1, 0.15) is 35.8 Å². The van der Waals surface area contributed by atoms with E-state index in [9.17, 15) is 29.4 Å². The standard InChI is InChI=1S/C23H25FN4O5/c1-23(10-11-29,22(31)32)13-17(25-21(30)20-14-28(33)27-26-20)12-15-6-8-16(9-7-15)18-4-2-3-5-19(18)24/h2-9,14,17,29,33H,10-13H2,1H3,(H,25,30)(H,31,32)/t17-,23-/m1/s1. The zero-order valence-corrected chi connectivity index (χ0v) is 18.0. The molecule has 0 saturated carbocycles. The molecule has 4 N–H and O–H groups in total. The molecule has 3 aromatic rings. The van der Waals surface area contributed by atoms with Gasteiger partial charge in [-0.1, -0.05) is 47.3 Å². The number of carbonyl (C=O) groups is 2. The number of carboxylic acids is 1. The molecule has 0 aliphatic heterocycles. The molecule has 1 heterocycles. The van der Waals surface area contributed by atoms with Crippen LogP contribution in [0.2, 0.25) is 0 Å². The second-order valence-corrected chi connectivity index (χ2v) is 8.12. The molecule has 0 spiro atoms. The average Bonchev–Trinajstić information content (AvgIpc) is 3.21. The highest BCUT2D eigenvalue weighted by molar-refractivity contribution is 5.92. The number of carbonyl (C=O) groups excluding carboxylic acids is 1. The molecular weight excluding hydrogens is 431 g/mol. The Bertz CT molecular complexity index is 1120. The number of rotatable bonds is 10. The fraction of sp³-hybridized carbons (Fsp3) is 0.304. The first-order valence-electron chi connectivity index (χ1n) is 10.3. The van der Waals surface area contributed by atoms with Gasteiger partial charge in [-0.15, -0.1) is 5.10 Å². The largest absolute Gasteiger partial charge is 0.481 e. The fourth-order valence-electron chi connectivity index (χ4n) is 3.68. The van der Waals surface area contributed by atoms with Crippen LogP contribution in [0.25, 0.3) is 11.1 Å². The highest BCUT2D eigenvalue weighted by Gasteiger charge is 2.36. The van der Waals surface area contributed by atoms with E-state index in [2.05, 4.69) is 15.6 Å². The van der Waals surface area contributed by atoms with Crippen molar-refractivity contribution in [1.82, 2.24) is 20.5 Å². The third-order valence-corrected chi connectivity index (χ3v) is 5.55. The number of halogens is 1. The van der Waals surface area contributed by atoms with Crippen molar-refractivity contribution in [3.05, 3.63) is 71.8 Å². The van der Waals surface area contributed by atoms with Gasteiger partial charge in [0.15, 0.2) is 5.69 Å². The molecule has 10 heteroatoms. The Labute approximate surface area is 189 Å². The van der Waals surface area contributed by atoms with Crippen molar-refractivity contribution < 1.29 is 29.4 Å². The van der Waals surface area contributed by atoms with Crippen LogP contribution >= 0.6 is 0 Å². The molecule has 0 unspecified atom stereocenters. The number of aliphatic hydroxyl groups is 1. The van der Waals surface area contributed by atoms with Crippen molar-refractivity contribution >= 4 is 11.9 Å². The minimum absolute atomic E-state index is 0.00769. The Morgan fingerprint density at radius 1 is 1.18 bits per heavy atom. The van der Waals surface area contributed by atoms with Crippen LogP contribution in [-0.2, 0) is 11.2 Å². The van der Waals surface area contributed by atoms with Crippen molar-refractivity contribution in [2.24, 2.45) is 5.41 Å². The van der Waals surface area contributed by atoms with Gasteiger partial charge in [-0.3, -0.25) is 9.59 Å². The topological polar surface area (TPSA) is 138 Å². The Morgan fingerprint density at radius 3 is 2.45 bits per heavy atom. The lowest BCUT2D eigenvalue weighted by atomic mass is 9.79. The monoisotopic (exact) mass is 456 g/mol. The van der Waals surface area contributed by atoms with Gasteiger partial charge in [0.2, 0.25) is 0 Å². The number of nitrogens with zero attached hydrogens (tertiary/aromatic N) is 3. The molecule has 2 aromatic carbocycles. The van der Waals surface area contributed by atoms with E-state index in [0.717, 1.165) is 11.8 Å². The summed E-state index contributed by atoms with van der Waals surface area (Å²) in [5.41, 5.74) is 0.531. The molecule has 0 saturated heterocycles. The van der Waals surface area contributed by atoms with Crippen molar-refractivity contribution in [1.29, 1.82) is 0 Å². The number of benzene rings is 2. The number of aromatic nitrogens is 3. The van der Waals surface area contributed by atoms with Crippen LogP contribution in [0, 0.1) is 11.2 Å². The van der Waals surface area contributed by atoms with E-state index in [4.69, 9.17) is 0 Å². The van der Waals surface area contributed by atoms with E-state index in [0.29, 0.717) is 16.0 Å². The highest BCUT2D eigenvalue weighted by atomic mass is 19.1. The predicted molar refractivity (Wildman–Crippen MR) is 116 cm³/mol. The lowest BCUT2D eigenvalue weighted by molar-refractivity contribution is -0.149. The normalized spacial score (nSPS) is 13.8. The Hall–Kier alpha value is -3.79. The maximum Gasteiger partial charge on any atom is 0.309 e. The Morgan fingerprint density at radius 2 is 1.88 bits per heavy atom. The number of aliphatic carboxylic acids is 1. The zero-order chi connectivity index (χ0) is 24.0. The molecule has 0 fully saturated rings. The van der Waals surface area contributed by atoms with E-state index < -0.39 is 23.3 Å². The molecule has 1 amide bonds. The summed E-state index contributed by atoms with van der Waals surface area (Å²) in [5, 5.41) is 37.9. The number of aliphatic hydroxyl groups excluding tert-OH is 1. The molecule has 0 bridgehead atoms. The minimum atomic E-state index is -1.28. The van der Waals surface area contributed by atoms with Gasteiger partial charge in [-0.05, 0) is 48.6 Å². The number of nitrogens with one attached hydrogen (secondary N) is 1. The first-order valence-corrected chi connectivity index (χ1v) is 10.3. The molecule has 0 radical (unpaired) electrons. The summed E-state index contributed by atoms with van der Waals surface area (Å²) in [4.78, 5) is 24.8. The van der Waals surface area contributed by atoms with Gasteiger partial charge >= 0.3 is 5.97 Å². The third kappa shape index (κ3) is 5.92. The summed E-state index contributed by atoms with van der Waals surface area (Å²) < 4.78 is 14.1. The van der Waals surface area contributed by atoms with Crippen LogP contribution < -0.4 is 5.32 Å². The summed E-state index contributed by atoms with van der Waals surface area (Å²) in [6.07, 6.45) is 1.36. The van der Waals surface area contributed by atoms with Crippen molar-refractivity contribution in [2.45, 2.75) is 32.2 Å². The maximum atomic E-state index is 14.1. The highest BCUT2D eigenvalue weighted by Crippen LogP contribution is 2.30. The molecule has 1 aromatic heterocycles. The Balaban J connectivity index is 1.83. The second kappa shape index (κ2) is 10.2. The molecular formula is C23H25FN4O5. The lowest BCUT2D eigenvalue weighted by Gasteiger charge is -2.29. The zero-order valence-electron chi connectivity index (χ0n) is 18.0. The summed E-state index contributed by atoms with van der Waals surface area (Å²) in [6, 6.07) is 12.9. The number of hydrogen-bond donors (Lipinski definition) is 4. The van der Waals surface area contributed by atoms with Crippen LogP contribution in [0.15, 0.2) is 54.7 Å². The number of carboxylic acid groups (broad SMARTS) is 1. The molecule has 9 nitrogen and oxygen atoms in total. The van der Waals surface area contributed by atoms with Gasteiger partial charge in [0, 0.05) is 18.2 Å².